The van der Waals surface area contributed by atoms with Crippen LogP contribution in [0, 0.1) is 6.92 Å². The summed E-state index contributed by atoms with van der Waals surface area (Å²) in [6.45, 7) is 1.34. The van der Waals surface area contributed by atoms with Gasteiger partial charge in [0.1, 0.15) is 5.75 Å². The molecule has 0 saturated heterocycles. The van der Waals surface area contributed by atoms with Gasteiger partial charge < -0.3 is 9.84 Å². The Morgan fingerprint density at radius 1 is 1.14 bits per heavy atom. The van der Waals surface area contributed by atoms with Crippen LogP contribution in [0.1, 0.15) is 21.5 Å². The number of carboxylic acids is 1. The van der Waals surface area contributed by atoms with E-state index in [1.807, 2.05) is 6.92 Å². The van der Waals surface area contributed by atoms with Crippen molar-refractivity contribution in [3.8, 4) is 5.75 Å². The van der Waals surface area contributed by atoms with Crippen molar-refractivity contribution < 1.29 is 19.4 Å². The fourth-order valence-electron chi connectivity index (χ4n) is 1.83. The third kappa shape index (κ3) is 3.83. The molecule has 0 radical (unpaired) electrons. The van der Waals surface area contributed by atoms with Crippen molar-refractivity contribution in [2.75, 3.05) is 6.61 Å². The Labute approximate surface area is 126 Å². The van der Waals surface area contributed by atoms with Gasteiger partial charge in [-0.1, -0.05) is 17.7 Å². The summed E-state index contributed by atoms with van der Waals surface area (Å²) < 4.78 is 5.20. The van der Waals surface area contributed by atoms with Crippen LogP contribution < -0.4 is 4.74 Å². The molecular formula is C16H13ClO4. The molecule has 108 valence electrons. The minimum Gasteiger partial charge on any atom is -0.481 e. The number of aliphatic carboxylic acids is 1. The van der Waals surface area contributed by atoms with E-state index < -0.39 is 12.6 Å². The van der Waals surface area contributed by atoms with E-state index in [0.717, 1.165) is 5.56 Å². The fraction of sp³-hybridized carbons (Fsp3) is 0.125. The van der Waals surface area contributed by atoms with Crippen LogP contribution in [0.5, 0.6) is 5.75 Å². The Morgan fingerprint density at radius 2 is 1.81 bits per heavy atom. The van der Waals surface area contributed by atoms with Gasteiger partial charge >= 0.3 is 5.97 Å². The number of hydrogen-bond acceptors (Lipinski definition) is 3. The van der Waals surface area contributed by atoms with Crippen LogP contribution in [-0.2, 0) is 4.79 Å². The van der Waals surface area contributed by atoms with E-state index in [1.54, 1.807) is 42.5 Å². The van der Waals surface area contributed by atoms with E-state index in [4.69, 9.17) is 21.4 Å². The van der Waals surface area contributed by atoms with Gasteiger partial charge in [-0.25, -0.2) is 4.79 Å². The molecule has 2 aromatic carbocycles. The summed E-state index contributed by atoms with van der Waals surface area (Å²) in [7, 11) is 0. The van der Waals surface area contributed by atoms with Crippen molar-refractivity contribution in [3.05, 3.63) is 64.2 Å². The van der Waals surface area contributed by atoms with Gasteiger partial charge in [0.25, 0.3) is 0 Å². The van der Waals surface area contributed by atoms with Crippen molar-refractivity contribution in [1.29, 1.82) is 0 Å². The Bertz CT molecular complexity index is 677. The molecule has 0 aromatic heterocycles. The average molecular weight is 305 g/mol. The highest BCUT2D eigenvalue weighted by Crippen LogP contribution is 2.24. The summed E-state index contributed by atoms with van der Waals surface area (Å²) in [5.74, 6) is -1.08. The summed E-state index contributed by atoms with van der Waals surface area (Å²) in [4.78, 5) is 23.1. The highest BCUT2D eigenvalue weighted by Gasteiger charge is 2.15. The quantitative estimate of drug-likeness (QED) is 0.860. The van der Waals surface area contributed by atoms with Gasteiger partial charge in [0.05, 0.1) is 5.56 Å². The van der Waals surface area contributed by atoms with Crippen LogP contribution in [0.2, 0.25) is 5.02 Å². The number of rotatable bonds is 5. The minimum atomic E-state index is -1.10. The molecule has 21 heavy (non-hydrogen) atoms. The van der Waals surface area contributed by atoms with Gasteiger partial charge in [-0.2, -0.15) is 0 Å². The minimum absolute atomic E-state index is 0.243. The SMILES string of the molecule is Cc1ccc(C(=O)c2ccc(Cl)cc2)c(OCC(=O)O)c1. The van der Waals surface area contributed by atoms with Crippen molar-refractivity contribution in [3.63, 3.8) is 0 Å². The topological polar surface area (TPSA) is 63.6 Å². The van der Waals surface area contributed by atoms with Crippen LogP contribution in [0.3, 0.4) is 0 Å². The Morgan fingerprint density at radius 3 is 2.43 bits per heavy atom. The maximum absolute atomic E-state index is 12.5. The zero-order valence-electron chi connectivity index (χ0n) is 11.3. The molecule has 0 spiro atoms. The lowest BCUT2D eigenvalue weighted by molar-refractivity contribution is -0.139. The van der Waals surface area contributed by atoms with Crippen molar-refractivity contribution in [2.45, 2.75) is 6.92 Å². The van der Waals surface area contributed by atoms with Crippen LogP contribution in [0.25, 0.3) is 0 Å². The number of carboxylic acid groups (broad SMARTS) is 1. The molecule has 4 nitrogen and oxygen atoms in total. The molecule has 0 bridgehead atoms. The monoisotopic (exact) mass is 304 g/mol. The first-order chi connectivity index (χ1) is 9.97. The van der Waals surface area contributed by atoms with Crippen LogP contribution in [0.15, 0.2) is 42.5 Å². The van der Waals surface area contributed by atoms with E-state index in [1.165, 1.54) is 0 Å². The number of carbonyl (C=O) groups is 2. The van der Waals surface area contributed by atoms with Gasteiger partial charge in [0, 0.05) is 10.6 Å². The molecule has 2 rings (SSSR count). The number of ether oxygens (including phenoxy) is 1. The molecular weight excluding hydrogens is 292 g/mol. The predicted octanol–water partition coefficient (Wildman–Crippen LogP) is 3.34. The summed E-state index contributed by atoms with van der Waals surface area (Å²) in [6.07, 6.45) is 0. The first-order valence-corrected chi connectivity index (χ1v) is 6.60. The van der Waals surface area contributed by atoms with Gasteiger partial charge in [-0.05, 0) is 48.9 Å². The highest BCUT2D eigenvalue weighted by atomic mass is 35.5. The second kappa shape index (κ2) is 6.41. The third-order valence-corrected chi connectivity index (χ3v) is 3.09. The van der Waals surface area contributed by atoms with Gasteiger partial charge in [0.15, 0.2) is 12.4 Å². The van der Waals surface area contributed by atoms with Crippen molar-refractivity contribution in [2.24, 2.45) is 0 Å². The highest BCUT2D eigenvalue weighted by molar-refractivity contribution is 6.30. The molecule has 1 N–H and O–H groups in total. The van der Waals surface area contributed by atoms with Crippen LogP contribution >= 0.6 is 11.6 Å². The summed E-state index contributed by atoms with van der Waals surface area (Å²) >= 11 is 5.80. The molecule has 2 aromatic rings. The smallest absolute Gasteiger partial charge is 0.341 e. The van der Waals surface area contributed by atoms with E-state index >= 15 is 0 Å². The second-order valence-corrected chi connectivity index (χ2v) is 4.95. The van der Waals surface area contributed by atoms with Gasteiger partial charge in [-0.15, -0.1) is 0 Å². The zero-order valence-corrected chi connectivity index (χ0v) is 12.1. The third-order valence-electron chi connectivity index (χ3n) is 2.84. The normalized spacial score (nSPS) is 10.2. The molecule has 0 unspecified atom stereocenters. The maximum atomic E-state index is 12.5. The number of carbonyl (C=O) groups excluding carboxylic acids is 1. The number of ketones is 1. The molecule has 0 atom stereocenters. The molecule has 0 aliphatic carbocycles. The van der Waals surface area contributed by atoms with Crippen LogP contribution in [-0.4, -0.2) is 23.5 Å². The number of halogens is 1. The first kappa shape index (κ1) is 15.1. The summed E-state index contributed by atoms with van der Waals surface area (Å²) in [5, 5.41) is 9.24. The standard InChI is InChI=1S/C16H13ClO4/c1-10-2-7-13(14(8-10)21-9-15(18)19)16(20)11-3-5-12(17)6-4-11/h2-8H,9H2,1H3,(H,18,19). The number of aryl methyl sites for hydroxylation is 1. The summed E-state index contributed by atoms with van der Waals surface area (Å²) in [6, 6.07) is 11.5. The average Bonchev–Trinajstić information content (AvgIpc) is 2.45. The Kier molecular flexibility index (Phi) is 4.60. The lowest BCUT2D eigenvalue weighted by Crippen LogP contribution is -2.12. The van der Waals surface area contributed by atoms with Crippen LogP contribution in [0.4, 0.5) is 0 Å². The largest absolute Gasteiger partial charge is 0.481 e. The first-order valence-electron chi connectivity index (χ1n) is 6.23. The van der Waals surface area contributed by atoms with Gasteiger partial charge in [-0.3, -0.25) is 4.79 Å². The van der Waals surface area contributed by atoms with Crippen molar-refractivity contribution >= 4 is 23.4 Å². The van der Waals surface area contributed by atoms with Crippen molar-refractivity contribution in [1.82, 2.24) is 0 Å². The maximum Gasteiger partial charge on any atom is 0.341 e. The summed E-state index contributed by atoms with van der Waals surface area (Å²) in [5.41, 5.74) is 1.66. The number of hydrogen-bond donors (Lipinski definition) is 1. The molecule has 5 heteroatoms. The predicted molar refractivity (Wildman–Crippen MR) is 79.2 cm³/mol. The number of benzene rings is 2. The lowest BCUT2D eigenvalue weighted by atomic mass is 10.0. The molecule has 0 fully saturated rings. The van der Waals surface area contributed by atoms with E-state index in [0.29, 0.717) is 16.1 Å². The molecule has 0 heterocycles. The second-order valence-electron chi connectivity index (χ2n) is 4.52. The van der Waals surface area contributed by atoms with E-state index in [9.17, 15) is 9.59 Å². The molecule has 0 amide bonds. The Hall–Kier alpha value is -2.33. The molecule has 0 aliphatic heterocycles. The zero-order chi connectivity index (χ0) is 15.4. The van der Waals surface area contributed by atoms with E-state index in [-0.39, 0.29) is 11.5 Å². The fourth-order valence-corrected chi connectivity index (χ4v) is 1.96. The van der Waals surface area contributed by atoms with E-state index in [2.05, 4.69) is 0 Å². The Balaban J connectivity index is 2.35. The van der Waals surface area contributed by atoms with Gasteiger partial charge in [0.2, 0.25) is 0 Å². The molecule has 0 aliphatic rings. The molecule has 0 saturated carbocycles. The lowest BCUT2D eigenvalue weighted by Gasteiger charge is -2.10.